The van der Waals surface area contributed by atoms with Crippen molar-refractivity contribution in [2.75, 3.05) is 6.61 Å². The van der Waals surface area contributed by atoms with E-state index >= 15 is 0 Å². The van der Waals surface area contributed by atoms with E-state index < -0.39 is 18.3 Å². The molecule has 134 valence electrons. The number of esters is 1. The molecular formula is C18H12ClF3N2O2. The second-order valence-corrected chi connectivity index (χ2v) is 6.32. The molecule has 0 spiro atoms. The molecule has 0 bridgehead atoms. The molecule has 0 aromatic heterocycles. The third kappa shape index (κ3) is 2.63. The van der Waals surface area contributed by atoms with Crippen molar-refractivity contribution in [3.63, 3.8) is 0 Å². The van der Waals surface area contributed by atoms with Gasteiger partial charge in [-0.3, -0.25) is 4.99 Å². The van der Waals surface area contributed by atoms with Gasteiger partial charge in [0.05, 0.1) is 12.2 Å². The van der Waals surface area contributed by atoms with E-state index in [1.54, 1.807) is 24.3 Å². The van der Waals surface area contributed by atoms with Gasteiger partial charge >= 0.3 is 12.3 Å². The van der Waals surface area contributed by atoms with Crippen molar-refractivity contribution < 1.29 is 22.7 Å². The largest absolute Gasteiger partial charge is 0.490 e. The third-order valence-corrected chi connectivity index (χ3v) is 4.76. The molecule has 1 aromatic rings. The number of ether oxygens (including phenoxy) is 1. The van der Waals surface area contributed by atoms with Gasteiger partial charge in [0.25, 0.3) is 0 Å². The summed E-state index contributed by atoms with van der Waals surface area (Å²) in [6.45, 7) is 0.118. The van der Waals surface area contributed by atoms with Gasteiger partial charge in [-0.05, 0) is 29.4 Å². The molecule has 0 saturated heterocycles. The normalized spacial score (nSPS) is 22.4. The smallest absolute Gasteiger partial charge is 0.462 e. The predicted molar refractivity (Wildman–Crippen MR) is 89.3 cm³/mol. The zero-order valence-corrected chi connectivity index (χ0v) is 14.0. The third-order valence-electron chi connectivity index (χ3n) is 4.42. The molecule has 0 radical (unpaired) electrons. The van der Waals surface area contributed by atoms with Crippen molar-refractivity contribution >= 4 is 23.4 Å². The van der Waals surface area contributed by atoms with Crippen molar-refractivity contribution in [2.45, 2.75) is 18.8 Å². The van der Waals surface area contributed by atoms with Crippen LogP contribution < -0.4 is 0 Å². The molecule has 3 aliphatic heterocycles. The monoisotopic (exact) mass is 380 g/mol. The summed E-state index contributed by atoms with van der Waals surface area (Å²) >= 11 is 6.23. The fourth-order valence-electron chi connectivity index (χ4n) is 3.32. The number of hydrogen-bond donors (Lipinski definition) is 0. The number of dihydropyridines is 1. The molecule has 1 aromatic carbocycles. The first-order chi connectivity index (χ1) is 12.4. The predicted octanol–water partition coefficient (Wildman–Crippen LogP) is 4.31. The van der Waals surface area contributed by atoms with Crippen LogP contribution in [0.25, 0.3) is 0 Å². The maximum atomic E-state index is 13.5. The lowest BCUT2D eigenvalue weighted by Gasteiger charge is -2.36. The second kappa shape index (κ2) is 6.02. The lowest BCUT2D eigenvalue weighted by Crippen LogP contribution is -2.43. The molecule has 4 rings (SSSR count). The van der Waals surface area contributed by atoms with Gasteiger partial charge in [0.15, 0.2) is 0 Å². The van der Waals surface area contributed by atoms with Crippen molar-refractivity contribution in [3.8, 4) is 0 Å². The molecule has 26 heavy (non-hydrogen) atoms. The Morgan fingerprint density at radius 1 is 1.27 bits per heavy atom. The second-order valence-electron chi connectivity index (χ2n) is 5.91. The Hall–Kier alpha value is -2.54. The van der Waals surface area contributed by atoms with E-state index in [0.717, 1.165) is 6.20 Å². The number of carbonyl (C=O) groups is 1. The van der Waals surface area contributed by atoms with Gasteiger partial charge in [0.1, 0.15) is 11.9 Å². The van der Waals surface area contributed by atoms with Crippen LogP contribution in [0.3, 0.4) is 0 Å². The molecule has 1 unspecified atom stereocenters. The van der Waals surface area contributed by atoms with Crippen LogP contribution in [-0.2, 0) is 9.53 Å². The van der Waals surface area contributed by atoms with Crippen molar-refractivity contribution in [2.24, 2.45) is 4.99 Å². The zero-order chi connectivity index (χ0) is 18.5. The summed E-state index contributed by atoms with van der Waals surface area (Å²) in [5.41, 5.74) is 1.52. The summed E-state index contributed by atoms with van der Waals surface area (Å²) in [6, 6.07) is 5.71. The molecule has 8 heteroatoms. The van der Waals surface area contributed by atoms with Gasteiger partial charge in [-0.15, -0.1) is 13.2 Å². The number of carbonyl (C=O) groups excluding carboxylic acids is 1. The molecule has 0 saturated carbocycles. The summed E-state index contributed by atoms with van der Waals surface area (Å²) in [4.78, 5) is 16.8. The Morgan fingerprint density at radius 2 is 2.04 bits per heavy atom. The van der Waals surface area contributed by atoms with Gasteiger partial charge in [-0.2, -0.15) is 0 Å². The molecule has 0 N–H and O–H groups in total. The highest BCUT2D eigenvalue weighted by Gasteiger charge is 2.45. The van der Waals surface area contributed by atoms with E-state index in [9.17, 15) is 18.0 Å². The van der Waals surface area contributed by atoms with E-state index in [0.29, 0.717) is 28.2 Å². The molecule has 3 aliphatic rings. The summed E-state index contributed by atoms with van der Waals surface area (Å²) in [5.74, 6) is -0.814. The number of amidine groups is 1. The molecule has 1 atom stereocenters. The Morgan fingerprint density at radius 3 is 2.77 bits per heavy atom. The highest BCUT2D eigenvalue weighted by Crippen LogP contribution is 2.44. The van der Waals surface area contributed by atoms with Gasteiger partial charge < -0.3 is 4.74 Å². The number of benzene rings is 1. The number of aliphatic imine (C=N–C) groups is 1. The minimum absolute atomic E-state index is 0.118. The Balaban J connectivity index is 1.94. The molecule has 0 amide bonds. The summed E-state index contributed by atoms with van der Waals surface area (Å²) in [6.07, 6.45) is -0.557. The van der Waals surface area contributed by atoms with Gasteiger partial charge in [-0.25, -0.2) is 9.69 Å². The Kier molecular flexibility index (Phi) is 3.91. The van der Waals surface area contributed by atoms with Crippen LogP contribution in [0, 0.1) is 0 Å². The number of cyclic esters (lactones) is 1. The van der Waals surface area contributed by atoms with Crippen LogP contribution in [-0.4, -0.2) is 29.6 Å². The lowest BCUT2D eigenvalue weighted by molar-refractivity contribution is -0.201. The first-order valence-corrected chi connectivity index (χ1v) is 8.23. The number of alkyl halides is 3. The molecular weight excluding hydrogens is 369 g/mol. The average Bonchev–Trinajstić information content (AvgIpc) is 2.60. The van der Waals surface area contributed by atoms with Crippen molar-refractivity contribution in [1.82, 2.24) is 4.90 Å². The van der Waals surface area contributed by atoms with Crippen LogP contribution in [0.15, 0.2) is 64.3 Å². The minimum atomic E-state index is -4.63. The SMILES string of the molecule is O=C1OCCC2=C1C(c1ccccc1Cl)N=C1C2=CC=CN1C(F)(F)F. The Bertz CT molecular complexity index is 915. The first-order valence-electron chi connectivity index (χ1n) is 7.85. The quantitative estimate of drug-likeness (QED) is 0.538. The summed E-state index contributed by atoms with van der Waals surface area (Å²) in [7, 11) is 0. The van der Waals surface area contributed by atoms with Crippen LogP contribution >= 0.6 is 11.6 Å². The van der Waals surface area contributed by atoms with E-state index in [4.69, 9.17) is 16.3 Å². The number of fused-ring (bicyclic) bond motifs is 2. The number of nitrogens with zero attached hydrogens (tertiary/aromatic N) is 2. The van der Waals surface area contributed by atoms with Crippen LogP contribution in [0.2, 0.25) is 5.02 Å². The van der Waals surface area contributed by atoms with Gasteiger partial charge in [-0.1, -0.05) is 29.8 Å². The summed E-state index contributed by atoms with van der Waals surface area (Å²) in [5, 5.41) is 0.324. The lowest BCUT2D eigenvalue weighted by atomic mass is 9.84. The zero-order valence-electron chi connectivity index (χ0n) is 13.3. The molecule has 0 fully saturated rings. The fraction of sp³-hybridized carbons (Fsp3) is 0.222. The average molecular weight is 381 g/mol. The van der Waals surface area contributed by atoms with Crippen molar-refractivity contribution in [3.05, 3.63) is 69.9 Å². The maximum Gasteiger partial charge on any atom is 0.490 e. The first kappa shape index (κ1) is 16.9. The Labute approximate surface area is 151 Å². The van der Waals surface area contributed by atoms with Gasteiger partial charge in [0.2, 0.25) is 0 Å². The number of halogens is 4. The summed E-state index contributed by atoms with van der Waals surface area (Å²) < 4.78 is 45.5. The highest BCUT2D eigenvalue weighted by molar-refractivity contribution is 6.31. The van der Waals surface area contributed by atoms with E-state index in [1.807, 2.05) is 0 Å². The topological polar surface area (TPSA) is 41.9 Å². The number of allylic oxidation sites excluding steroid dienone is 2. The van der Waals surface area contributed by atoms with Crippen LogP contribution in [0.1, 0.15) is 18.0 Å². The molecule has 3 heterocycles. The highest BCUT2D eigenvalue weighted by atomic mass is 35.5. The van der Waals surface area contributed by atoms with E-state index in [-0.39, 0.29) is 22.9 Å². The van der Waals surface area contributed by atoms with Crippen molar-refractivity contribution in [1.29, 1.82) is 0 Å². The number of rotatable bonds is 1. The van der Waals surface area contributed by atoms with Gasteiger partial charge in [0, 0.05) is 23.2 Å². The standard InChI is InChI=1S/C18H12ClF3N2O2/c19-13-6-2-1-4-12(13)15-14-10(7-9-26-17(14)25)11-5-3-8-24(16(11)23-15)18(20,21)22/h1-6,8,15H,7,9H2. The molecule has 0 aliphatic carbocycles. The van der Waals surface area contributed by atoms with Crippen LogP contribution in [0.5, 0.6) is 0 Å². The fourth-order valence-corrected chi connectivity index (χ4v) is 3.56. The number of hydrogen-bond acceptors (Lipinski definition) is 4. The minimum Gasteiger partial charge on any atom is -0.462 e. The van der Waals surface area contributed by atoms with Crippen LogP contribution in [0.4, 0.5) is 13.2 Å². The van der Waals surface area contributed by atoms with E-state index in [1.165, 1.54) is 12.2 Å². The maximum absolute atomic E-state index is 13.5. The van der Waals surface area contributed by atoms with E-state index in [2.05, 4.69) is 4.99 Å². The molecule has 4 nitrogen and oxygen atoms in total.